The molecule has 2 aromatic carbocycles. The Bertz CT molecular complexity index is 991. The van der Waals surface area contributed by atoms with E-state index in [0.29, 0.717) is 16.5 Å². The summed E-state index contributed by atoms with van der Waals surface area (Å²) >= 11 is 5.93. The molecule has 0 radical (unpaired) electrons. The molecular weight excluding hydrogens is 332 g/mol. The second kappa shape index (κ2) is 5.37. The van der Waals surface area contributed by atoms with Crippen LogP contribution in [0.4, 0.5) is 0 Å². The van der Waals surface area contributed by atoms with Gasteiger partial charge in [-0.05, 0) is 42.0 Å². The minimum Gasteiger partial charge on any atom is -0.315 e. The zero-order valence-electron chi connectivity index (χ0n) is 12.2. The lowest BCUT2D eigenvalue weighted by Gasteiger charge is -2.27. The molecule has 0 aliphatic carbocycles. The maximum absolute atomic E-state index is 12.8. The van der Waals surface area contributed by atoms with Gasteiger partial charge in [0, 0.05) is 35.6 Å². The second-order valence-corrected chi connectivity index (χ2v) is 8.00. The van der Waals surface area contributed by atoms with Gasteiger partial charge in [-0.15, -0.1) is 0 Å². The highest BCUT2D eigenvalue weighted by atomic mass is 35.5. The van der Waals surface area contributed by atoms with Crippen molar-refractivity contribution in [1.29, 1.82) is 0 Å². The Morgan fingerprint density at radius 1 is 1.09 bits per heavy atom. The highest BCUT2D eigenvalue weighted by Gasteiger charge is 2.22. The number of fused-ring (bicyclic) bond motifs is 1. The molecule has 3 aromatic rings. The molecule has 1 N–H and O–H groups in total. The molecular formula is C17H15ClN2O2S. The van der Waals surface area contributed by atoms with Crippen molar-refractivity contribution in [2.45, 2.75) is 10.8 Å². The van der Waals surface area contributed by atoms with E-state index < -0.39 is 10.0 Å². The highest BCUT2D eigenvalue weighted by molar-refractivity contribution is 7.90. The third-order valence-electron chi connectivity index (χ3n) is 4.28. The van der Waals surface area contributed by atoms with Gasteiger partial charge in [-0.1, -0.05) is 23.7 Å². The third-order valence-corrected chi connectivity index (χ3v) is 6.21. The highest BCUT2D eigenvalue weighted by Crippen LogP contribution is 2.28. The number of halogens is 1. The standard InChI is InChI=1S/C17H15ClN2O2S/c18-15-2-1-3-16(9-15)23(21,22)20-7-6-13-8-12(4-5-17(13)20)14-10-19-11-14/h1-9,14,19H,10-11H2. The monoisotopic (exact) mass is 346 g/mol. The first-order valence-corrected chi connectivity index (χ1v) is 9.20. The normalized spacial score (nSPS) is 15.7. The average molecular weight is 347 g/mol. The van der Waals surface area contributed by atoms with Gasteiger partial charge >= 0.3 is 0 Å². The molecule has 0 atom stereocenters. The quantitative estimate of drug-likeness (QED) is 0.792. The molecule has 1 aliphatic rings. The van der Waals surface area contributed by atoms with Gasteiger partial charge in [0.2, 0.25) is 0 Å². The van der Waals surface area contributed by atoms with Gasteiger partial charge < -0.3 is 5.32 Å². The first kappa shape index (κ1) is 14.8. The fraction of sp³-hybridized carbons (Fsp3) is 0.176. The SMILES string of the molecule is O=S(=O)(c1cccc(Cl)c1)n1ccc2cc(C3CNC3)ccc21. The largest absolute Gasteiger partial charge is 0.315 e. The fourth-order valence-corrected chi connectivity index (χ4v) is 4.52. The zero-order chi connectivity index (χ0) is 16.0. The lowest BCUT2D eigenvalue weighted by atomic mass is 9.93. The molecule has 1 saturated heterocycles. The van der Waals surface area contributed by atoms with Gasteiger partial charge in [0.05, 0.1) is 10.4 Å². The van der Waals surface area contributed by atoms with Crippen LogP contribution in [0.25, 0.3) is 10.9 Å². The fourth-order valence-electron chi connectivity index (χ4n) is 2.86. The molecule has 4 rings (SSSR count). The van der Waals surface area contributed by atoms with Crippen molar-refractivity contribution in [2.75, 3.05) is 13.1 Å². The Morgan fingerprint density at radius 3 is 2.61 bits per heavy atom. The van der Waals surface area contributed by atoms with Gasteiger partial charge in [0.25, 0.3) is 10.0 Å². The number of hydrogen-bond acceptors (Lipinski definition) is 3. The van der Waals surface area contributed by atoms with Gasteiger partial charge in [0.15, 0.2) is 0 Å². The first-order chi connectivity index (χ1) is 11.1. The minimum atomic E-state index is -3.65. The van der Waals surface area contributed by atoms with Crippen molar-refractivity contribution < 1.29 is 8.42 Å². The van der Waals surface area contributed by atoms with Crippen LogP contribution in [-0.4, -0.2) is 25.5 Å². The molecule has 0 bridgehead atoms. The summed E-state index contributed by atoms with van der Waals surface area (Å²) in [6, 6.07) is 14.1. The predicted octanol–water partition coefficient (Wildman–Crippen LogP) is 3.22. The second-order valence-electron chi connectivity index (χ2n) is 5.75. The van der Waals surface area contributed by atoms with E-state index in [2.05, 4.69) is 11.4 Å². The Balaban J connectivity index is 1.82. The number of benzene rings is 2. The molecule has 0 saturated carbocycles. The summed E-state index contributed by atoms with van der Waals surface area (Å²) in [5, 5.41) is 4.59. The lowest BCUT2D eigenvalue weighted by molar-refractivity contribution is 0.449. The average Bonchev–Trinajstić information content (AvgIpc) is 2.89. The number of rotatable bonds is 3. The Hall–Kier alpha value is -1.82. The molecule has 4 nitrogen and oxygen atoms in total. The van der Waals surface area contributed by atoms with Gasteiger partial charge in [-0.3, -0.25) is 0 Å². The molecule has 0 amide bonds. The van der Waals surface area contributed by atoms with Crippen molar-refractivity contribution >= 4 is 32.5 Å². The summed E-state index contributed by atoms with van der Waals surface area (Å²) in [6.07, 6.45) is 1.60. The van der Waals surface area contributed by atoms with E-state index in [1.54, 1.807) is 24.4 Å². The molecule has 0 spiro atoms. The molecule has 2 heterocycles. The topological polar surface area (TPSA) is 51.1 Å². The molecule has 1 aliphatic heterocycles. The van der Waals surface area contributed by atoms with E-state index in [9.17, 15) is 8.42 Å². The number of nitrogens with zero attached hydrogens (tertiary/aromatic N) is 1. The van der Waals surface area contributed by atoms with E-state index in [0.717, 1.165) is 18.5 Å². The van der Waals surface area contributed by atoms with Crippen LogP contribution in [0.3, 0.4) is 0 Å². The Labute approximate surface area is 139 Å². The van der Waals surface area contributed by atoms with Crippen LogP contribution >= 0.6 is 11.6 Å². The van der Waals surface area contributed by atoms with E-state index in [1.165, 1.54) is 15.6 Å². The van der Waals surface area contributed by atoms with Gasteiger partial charge in [-0.2, -0.15) is 0 Å². The summed E-state index contributed by atoms with van der Waals surface area (Å²) in [5.74, 6) is 0.521. The smallest absolute Gasteiger partial charge is 0.268 e. The summed E-state index contributed by atoms with van der Waals surface area (Å²) in [5.41, 5.74) is 1.93. The third kappa shape index (κ3) is 2.45. The lowest BCUT2D eigenvalue weighted by Crippen LogP contribution is -2.39. The van der Waals surface area contributed by atoms with Crippen LogP contribution in [0.2, 0.25) is 5.02 Å². The Morgan fingerprint density at radius 2 is 1.91 bits per heavy atom. The van der Waals surface area contributed by atoms with Crippen LogP contribution in [-0.2, 0) is 10.0 Å². The van der Waals surface area contributed by atoms with Crippen molar-refractivity contribution in [1.82, 2.24) is 9.29 Å². The predicted molar refractivity (Wildman–Crippen MR) is 91.6 cm³/mol. The summed E-state index contributed by atoms with van der Waals surface area (Å²) < 4.78 is 27.0. The van der Waals surface area contributed by atoms with Crippen molar-refractivity contribution in [3.05, 3.63) is 65.3 Å². The maximum Gasteiger partial charge on any atom is 0.268 e. The zero-order valence-corrected chi connectivity index (χ0v) is 13.8. The summed E-state index contributed by atoms with van der Waals surface area (Å²) in [6.45, 7) is 1.96. The van der Waals surface area contributed by atoms with Crippen molar-refractivity contribution in [3.63, 3.8) is 0 Å². The van der Waals surface area contributed by atoms with E-state index in [4.69, 9.17) is 11.6 Å². The maximum atomic E-state index is 12.8. The molecule has 0 unspecified atom stereocenters. The van der Waals surface area contributed by atoms with Gasteiger partial charge in [0.1, 0.15) is 0 Å². The van der Waals surface area contributed by atoms with Crippen LogP contribution in [0.1, 0.15) is 11.5 Å². The van der Waals surface area contributed by atoms with E-state index in [1.807, 2.05) is 18.2 Å². The molecule has 1 aromatic heterocycles. The minimum absolute atomic E-state index is 0.190. The summed E-state index contributed by atoms with van der Waals surface area (Å²) in [7, 11) is -3.65. The van der Waals surface area contributed by atoms with Crippen LogP contribution < -0.4 is 5.32 Å². The first-order valence-electron chi connectivity index (χ1n) is 7.38. The molecule has 1 fully saturated rings. The van der Waals surface area contributed by atoms with Crippen LogP contribution in [0, 0.1) is 0 Å². The molecule has 23 heavy (non-hydrogen) atoms. The number of nitrogens with one attached hydrogen (secondary N) is 1. The van der Waals surface area contributed by atoms with Crippen LogP contribution in [0.15, 0.2) is 59.6 Å². The van der Waals surface area contributed by atoms with Gasteiger partial charge in [-0.25, -0.2) is 12.4 Å². The van der Waals surface area contributed by atoms with Crippen molar-refractivity contribution in [2.24, 2.45) is 0 Å². The Kier molecular flexibility index (Phi) is 3.44. The summed E-state index contributed by atoms with van der Waals surface area (Å²) in [4.78, 5) is 0.190. The molecule has 6 heteroatoms. The number of aromatic nitrogens is 1. The number of hydrogen-bond donors (Lipinski definition) is 1. The van der Waals surface area contributed by atoms with E-state index >= 15 is 0 Å². The molecule has 118 valence electrons. The van der Waals surface area contributed by atoms with Crippen LogP contribution in [0.5, 0.6) is 0 Å². The van der Waals surface area contributed by atoms with E-state index in [-0.39, 0.29) is 4.90 Å². The van der Waals surface area contributed by atoms with Crippen molar-refractivity contribution in [3.8, 4) is 0 Å².